The van der Waals surface area contributed by atoms with Crippen molar-refractivity contribution in [3.8, 4) is 11.5 Å². The molecule has 0 atom stereocenters. The second-order valence-electron chi connectivity index (χ2n) is 5.93. The van der Waals surface area contributed by atoms with Crippen molar-refractivity contribution < 1.29 is 4.74 Å². The minimum atomic E-state index is 0.751. The van der Waals surface area contributed by atoms with Crippen molar-refractivity contribution in [3.63, 3.8) is 0 Å². The number of anilines is 3. The van der Waals surface area contributed by atoms with Gasteiger partial charge in [0.1, 0.15) is 17.3 Å². The molecule has 0 bridgehead atoms. The summed E-state index contributed by atoms with van der Waals surface area (Å²) in [4.78, 5) is 11.3. The molecule has 0 saturated heterocycles. The number of para-hydroxylation sites is 1. The molecule has 1 heterocycles. The molecule has 1 aromatic heterocycles. The first kappa shape index (κ1) is 17.7. The third kappa shape index (κ3) is 4.51. The van der Waals surface area contributed by atoms with Gasteiger partial charge in [-0.2, -0.15) is 4.98 Å². The largest absolute Gasteiger partial charge is 0.457 e. The van der Waals surface area contributed by atoms with Gasteiger partial charge in [-0.3, -0.25) is 0 Å². The van der Waals surface area contributed by atoms with Crippen LogP contribution in [0.2, 0.25) is 0 Å². The highest BCUT2D eigenvalue weighted by molar-refractivity contribution is 5.59. The number of benzene rings is 2. The Morgan fingerprint density at radius 3 is 2.19 bits per heavy atom. The maximum absolute atomic E-state index is 5.82. The van der Waals surface area contributed by atoms with Gasteiger partial charge in [0.15, 0.2) is 0 Å². The zero-order valence-corrected chi connectivity index (χ0v) is 15.4. The molecule has 5 heteroatoms. The number of ether oxygens (including phenoxy) is 1. The number of rotatable bonds is 7. The van der Waals surface area contributed by atoms with Crippen LogP contribution in [0, 0.1) is 6.92 Å². The fourth-order valence-corrected chi connectivity index (χ4v) is 2.64. The minimum absolute atomic E-state index is 0.751. The predicted molar refractivity (Wildman–Crippen MR) is 107 cm³/mol. The summed E-state index contributed by atoms with van der Waals surface area (Å²) >= 11 is 0. The van der Waals surface area contributed by atoms with E-state index in [1.165, 1.54) is 0 Å². The van der Waals surface area contributed by atoms with Gasteiger partial charge in [-0.15, -0.1) is 0 Å². The van der Waals surface area contributed by atoms with E-state index >= 15 is 0 Å². The zero-order chi connectivity index (χ0) is 18.4. The molecule has 134 valence electrons. The molecule has 26 heavy (non-hydrogen) atoms. The fourth-order valence-electron chi connectivity index (χ4n) is 2.64. The van der Waals surface area contributed by atoms with E-state index in [0.29, 0.717) is 0 Å². The monoisotopic (exact) mass is 348 g/mol. The summed E-state index contributed by atoms with van der Waals surface area (Å²) in [5.74, 6) is 3.16. The summed E-state index contributed by atoms with van der Waals surface area (Å²) < 4.78 is 5.82. The molecule has 2 aromatic carbocycles. The maximum Gasteiger partial charge on any atom is 0.227 e. The van der Waals surface area contributed by atoms with E-state index in [2.05, 4.69) is 34.0 Å². The number of hydrogen-bond donors (Lipinski definition) is 1. The van der Waals surface area contributed by atoms with Crippen LogP contribution in [-0.2, 0) is 0 Å². The number of nitrogens with zero attached hydrogens (tertiary/aromatic N) is 3. The molecule has 5 nitrogen and oxygen atoms in total. The van der Waals surface area contributed by atoms with E-state index in [-0.39, 0.29) is 0 Å². The standard InChI is InChI=1S/C21H24N4O/c1-4-25(5-2)21-22-16(3)15-20(24-21)23-17-11-13-19(14-12-17)26-18-9-7-6-8-10-18/h6-15H,4-5H2,1-3H3,(H,22,23,24). The van der Waals surface area contributed by atoms with Crippen molar-refractivity contribution in [1.29, 1.82) is 0 Å². The first-order chi connectivity index (χ1) is 12.7. The highest BCUT2D eigenvalue weighted by Crippen LogP contribution is 2.24. The molecular weight excluding hydrogens is 324 g/mol. The number of aryl methyl sites for hydroxylation is 1. The number of hydrogen-bond acceptors (Lipinski definition) is 5. The summed E-state index contributed by atoms with van der Waals surface area (Å²) in [5, 5.41) is 3.35. The van der Waals surface area contributed by atoms with Gasteiger partial charge < -0.3 is 15.0 Å². The molecule has 0 fully saturated rings. The second kappa shape index (κ2) is 8.34. The quantitative estimate of drug-likeness (QED) is 0.638. The van der Waals surface area contributed by atoms with Gasteiger partial charge in [0.05, 0.1) is 0 Å². The molecule has 1 N–H and O–H groups in total. The van der Waals surface area contributed by atoms with Gasteiger partial charge in [-0.1, -0.05) is 18.2 Å². The van der Waals surface area contributed by atoms with Crippen molar-refractivity contribution in [2.24, 2.45) is 0 Å². The Morgan fingerprint density at radius 1 is 0.885 bits per heavy atom. The minimum Gasteiger partial charge on any atom is -0.457 e. The van der Waals surface area contributed by atoms with Crippen molar-refractivity contribution in [2.75, 3.05) is 23.3 Å². The Hall–Kier alpha value is -3.08. The first-order valence-electron chi connectivity index (χ1n) is 8.88. The van der Waals surface area contributed by atoms with Crippen LogP contribution in [-0.4, -0.2) is 23.1 Å². The van der Waals surface area contributed by atoms with E-state index in [1.807, 2.05) is 67.6 Å². The SMILES string of the molecule is CCN(CC)c1nc(C)cc(Nc2ccc(Oc3ccccc3)cc2)n1. The van der Waals surface area contributed by atoms with E-state index in [0.717, 1.165) is 47.7 Å². The molecule has 0 saturated carbocycles. The molecule has 0 spiro atoms. The van der Waals surface area contributed by atoms with E-state index < -0.39 is 0 Å². The highest BCUT2D eigenvalue weighted by atomic mass is 16.5. The van der Waals surface area contributed by atoms with Crippen molar-refractivity contribution >= 4 is 17.5 Å². The highest BCUT2D eigenvalue weighted by Gasteiger charge is 2.08. The van der Waals surface area contributed by atoms with Crippen LogP contribution in [0.3, 0.4) is 0 Å². The van der Waals surface area contributed by atoms with Gasteiger partial charge in [-0.05, 0) is 57.2 Å². The summed E-state index contributed by atoms with van der Waals surface area (Å²) in [6.07, 6.45) is 0. The Morgan fingerprint density at radius 2 is 1.54 bits per heavy atom. The Labute approximate surface area is 154 Å². The summed E-state index contributed by atoms with van der Waals surface area (Å²) in [6, 6.07) is 19.5. The van der Waals surface area contributed by atoms with Crippen LogP contribution < -0.4 is 15.0 Å². The van der Waals surface area contributed by atoms with Crippen LogP contribution in [0.1, 0.15) is 19.5 Å². The molecule has 0 aliphatic heterocycles. The lowest BCUT2D eigenvalue weighted by molar-refractivity contribution is 0.483. The van der Waals surface area contributed by atoms with Crippen LogP contribution in [0.4, 0.5) is 17.5 Å². The van der Waals surface area contributed by atoms with Crippen LogP contribution in [0.5, 0.6) is 11.5 Å². The Bertz CT molecular complexity index is 830. The Kier molecular flexibility index (Phi) is 5.69. The molecule has 3 rings (SSSR count). The van der Waals surface area contributed by atoms with E-state index in [1.54, 1.807) is 0 Å². The van der Waals surface area contributed by atoms with E-state index in [4.69, 9.17) is 4.74 Å². The summed E-state index contributed by atoms with van der Waals surface area (Å²) in [6.45, 7) is 7.95. The smallest absolute Gasteiger partial charge is 0.227 e. The van der Waals surface area contributed by atoms with Crippen LogP contribution >= 0.6 is 0 Å². The molecule has 0 aliphatic carbocycles. The third-order valence-corrected chi connectivity index (χ3v) is 3.99. The van der Waals surface area contributed by atoms with Gasteiger partial charge in [0, 0.05) is 30.5 Å². The van der Waals surface area contributed by atoms with E-state index in [9.17, 15) is 0 Å². The predicted octanol–water partition coefficient (Wildman–Crippen LogP) is 5.17. The lowest BCUT2D eigenvalue weighted by Crippen LogP contribution is -2.24. The molecule has 0 unspecified atom stereocenters. The maximum atomic E-state index is 5.82. The molecule has 0 aliphatic rings. The molecule has 3 aromatic rings. The topological polar surface area (TPSA) is 50.3 Å². The second-order valence-corrected chi connectivity index (χ2v) is 5.93. The van der Waals surface area contributed by atoms with Crippen molar-refractivity contribution in [1.82, 2.24) is 9.97 Å². The van der Waals surface area contributed by atoms with Crippen molar-refractivity contribution in [2.45, 2.75) is 20.8 Å². The van der Waals surface area contributed by atoms with Crippen LogP contribution in [0.25, 0.3) is 0 Å². The summed E-state index contributed by atoms with van der Waals surface area (Å²) in [5.41, 5.74) is 1.89. The van der Waals surface area contributed by atoms with Gasteiger partial charge in [0.25, 0.3) is 0 Å². The normalized spacial score (nSPS) is 10.4. The Balaban J connectivity index is 1.73. The lowest BCUT2D eigenvalue weighted by Gasteiger charge is -2.19. The average molecular weight is 348 g/mol. The van der Waals surface area contributed by atoms with Gasteiger partial charge in [-0.25, -0.2) is 4.98 Å². The first-order valence-corrected chi connectivity index (χ1v) is 8.88. The number of aromatic nitrogens is 2. The third-order valence-electron chi connectivity index (χ3n) is 3.99. The molecular formula is C21H24N4O. The fraction of sp³-hybridized carbons (Fsp3) is 0.238. The zero-order valence-electron chi connectivity index (χ0n) is 15.4. The average Bonchev–Trinajstić information content (AvgIpc) is 2.65. The van der Waals surface area contributed by atoms with Crippen LogP contribution in [0.15, 0.2) is 60.7 Å². The number of nitrogens with one attached hydrogen (secondary N) is 1. The molecule has 0 amide bonds. The van der Waals surface area contributed by atoms with Gasteiger partial charge >= 0.3 is 0 Å². The van der Waals surface area contributed by atoms with Crippen molar-refractivity contribution in [3.05, 3.63) is 66.4 Å². The van der Waals surface area contributed by atoms with Gasteiger partial charge in [0.2, 0.25) is 5.95 Å². The lowest BCUT2D eigenvalue weighted by atomic mass is 10.3. The summed E-state index contributed by atoms with van der Waals surface area (Å²) in [7, 11) is 0. The molecule has 0 radical (unpaired) electrons.